The van der Waals surface area contributed by atoms with Crippen LogP contribution in [0.25, 0.3) is 0 Å². The van der Waals surface area contributed by atoms with Crippen molar-refractivity contribution in [1.82, 2.24) is 4.90 Å². The smallest absolute Gasteiger partial charge is 0.245 e. The van der Waals surface area contributed by atoms with Gasteiger partial charge in [-0.25, -0.2) is 0 Å². The molecule has 0 spiro atoms. The number of ether oxygens (including phenoxy) is 6. The fourth-order valence-corrected chi connectivity index (χ4v) is 3.95. The van der Waals surface area contributed by atoms with Crippen LogP contribution in [-0.2, 0) is 46.2 Å². The summed E-state index contributed by atoms with van der Waals surface area (Å²) in [4.78, 5) is 12.9. The maximum atomic E-state index is 11.3. The summed E-state index contributed by atoms with van der Waals surface area (Å²) < 4.78 is 33.1. The molecule has 41 heavy (non-hydrogen) atoms. The lowest BCUT2D eigenvalue weighted by Gasteiger charge is -2.14. The number of carbonyl (C=O) groups is 1. The highest BCUT2D eigenvalue weighted by Gasteiger charge is 2.05. The summed E-state index contributed by atoms with van der Waals surface area (Å²) in [5.41, 5.74) is 2.08. The predicted molar refractivity (Wildman–Crippen MR) is 161 cm³/mol. The van der Waals surface area contributed by atoms with E-state index < -0.39 is 0 Å². The molecule has 1 aromatic rings. The van der Waals surface area contributed by atoms with Crippen molar-refractivity contribution in [3.8, 4) is 5.75 Å². The first-order chi connectivity index (χ1) is 20.1. The van der Waals surface area contributed by atoms with Crippen LogP contribution < -0.4 is 0 Å². The Morgan fingerprint density at radius 3 is 1.78 bits per heavy atom. The molecule has 0 saturated carbocycles. The van der Waals surface area contributed by atoms with Gasteiger partial charge in [-0.3, -0.25) is 4.79 Å². The van der Waals surface area contributed by atoms with Crippen LogP contribution in [-0.4, -0.2) is 102 Å². The predicted octanol–water partition coefficient (Wildman–Crippen LogP) is 4.93. The van der Waals surface area contributed by atoms with Crippen LogP contribution >= 0.6 is 0 Å². The van der Waals surface area contributed by atoms with E-state index in [1.165, 1.54) is 56.6 Å². The number of phenols is 1. The molecule has 1 amide bonds. The molecule has 0 fully saturated rings. The number of nitrogens with zero attached hydrogens (tertiary/aromatic N) is 1. The quantitative estimate of drug-likeness (QED) is 0.105. The minimum Gasteiger partial charge on any atom is -0.508 e. The van der Waals surface area contributed by atoms with Gasteiger partial charge in [-0.1, -0.05) is 58.1 Å². The number of unbranched alkanes of at least 4 members (excludes halogenated alkanes) is 6. The number of rotatable bonds is 29. The van der Waals surface area contributed by atoms with Crippen LogP contribution in [0.3, 0.4) is 0 Å². The summed E-state index contributed by atoms with van der Waals surface area (Å²) in [5.74, 6) is 0.163. The number of phenolic OH excluding ortho intramolecular Hbond substituents is 1. The molecule has 0 heterocycles. The van der Waals surface area contributed by atoms with Crippen molar-refractivity contribution in [3.63, 3.8) is 0 Å². The fraction of sp³-hybridized carbons (Fsp3) is 0.719. The van der Waals surface area contributed by atoms with Gasteiger partial charge in [-0.2, -0.15) is 0 Å². The third kappa shape index (κ3) is 21.4. The molecule has 1 N–H and O–H groups in total. The summed E-state index contributed by atoms with van der Waals surface area (Å²) in [5, 5.41) is 10.1. The molecule has 236 valence electrons. The monoisotopic (exact) mass is 581 g/mol. The Kier molecular flexibility index (Phi) is 24.3. The van der Waals surface area contributed by atoms with E-state index in [0.717, 1.165) is 12.0 Å². The minimum absolute atomic E-state index is 0.118. The summed E-state index contributed by atoms with van der Waals surface area (Å²) in [7, 11) is 1.71. The molecule has 0 atom stereocenters. The fourth-order valence-electron chi connectivity index (χ4n) is 3.95. The zero-order valence-electron chi connectivity index (χ0n) is 25.6. The molecule has 0 radical (unpaired) electrons. The molecule has 1 aromatic carbocycles. The molecule has 0 unspecified atom stereocenters. The van der Waals surface area contributed by atoms with E-state index >= 15 is 0 Å². The topological polar surface area (TPSA) is 95.9 Å². The number of hydrogen-bond acceptors (Lipinski definition) is 8. The SMILES string of the molecule is C=CC(=O)N(C)CCOCCOCCOCCOCCOCCOCc1cc(CCCCCCCCC)ccc1O. The molecule has 9 heteroatoms. The third-order valence-electron chi connectivity index (χ3n) is 6.45. The van der Waals surface area contributed by atoms with E-state index in [2.05, 4.69) is 19.6 Å². The van der Waals surface area contributed by atoms with Crippen molar-refractivity contribution in [2.24, 2.45) is 0 Å². The van der Waals surface area contributed by atoms with Crippen LogP contribution in [0, 0.1) is 0 Å². The number of aromatic hydroxyl groups is 1. The van der Waals surface area contributed by atoms with Gasteiger partial charge in [-0.15, -0.1) is 0 Å². The standard InChI is InChI=1S/C32H55NO8/c1-4-6-7-8-9-10-11-12-29-13-14-31(34)30(27-29)28-41-26-25-40-24-23-39-22-21-38-20-19-37-18-17-36-16-15-33(3)32(35)5-2/h5,13-14,27,34H,2,4,6-12,15-26,28H2,1,3H3. The first-order valence-electron chi connectivity index (χ1n) is 15.2. The summed E-state index contributed by atoms with van der Waals surface area (Å²) >= 11 is 0. The zero-order chi connectivity index (χ0) is 29.8. The highest BCUT2D eigenvalue weighted by Crippen LogP contribution is 2.21. The average Bonchev–Trinajstić information content (AvgIpc) is 2.98. The van der Waals surface area contributed by atoms with Gasteiger partial charge < -0.3 is 38.4 Å². The first-order valence-corrected chi connectivity index (χ1v) is 15.2. The Bertz CT molecular complexity index is 776. The van der Waals surface area contributed by atoms with Gasteiger partial charge in [0.05, 0.1) is 79.3 Å². The van der Waals surface area contributed by atoms with Crippen molar-refractivity contribution in [3.05, 3.63) is 42.0 Å². The number of carbonyl (C=O) groups excluding carboxylic acids is 1. The van der Waals surface area contributed by atoms with Gasteiger partial charge in [-0.05, 0) is 36.6 Å². The van der Waals surface area contributed by atoms with Crippen LogP contribution in [0.4, 0.5) is 0 Å². The van der Waals surface area contributed by atoms with Crippen molar-refractivity contribution >= 4 is 5.91 Å². The third-order valence-corrected chi connectivity index (χ3v) is 6.45. The second-order valence-corrected chi connectivity index (χ2v) is 9.91. The Morgan fingerprint density at radius 1 is 0.756 bits per heavy atom. The summed E-state index contributed by atoms with van der Waals surface area (Å²) in [6, 6.07) is 5.84. The van der Waals surface area contributed by atoms with Crippen molar-refractivity contribution in [2.45, 2.75) is 64.9 Å². The van der Waals surface area contributed by atoms with Crippen molar-refractivity contribution in [2.75, 3.05) is 86.3 Å². The minimum atomic E-state index is -0.118. The molecule has 0 aromatic heterocycles. The number of benzene rings is 1. The zero-order valence-corrected chi connectivity index (χ0v) is 25.6. The van der Waals surface area contributed by atoms with Crippen LogP contribution in [0.5, 0.6) is 5.75 Å². The number of hydrogen-bond donors (Lipinski definition) is 1. The molecular formula is C32H55NO8. The van der Waals surface area contributed by atoms with Gasteiger partial charge in [0, 0.05) is 19.2 Å². The molecule has 0 aliphatic carbocycles. The lowest BCUT2D eigenvalue weighted by atomic mass is 10.0. The molecule has 0 saturated heterocycles. The van der Waals surface area contributed by atoms with Gasteiger partial charge in [0.25, 0.3) is 0 Å². The number of likely N-dealkylation sites (N-methyl/N-ethyl adjacent to an activating group) is 1. The highest BCUT2D eigenvalue weighted by molar-refractivity contribution is 5.86. The van der Waals surface area contributed by atoms with E-state index in [1.54, 1.807) is 18.0 Å². The molecule has 0 bridgehead atoms. The second kappa shape index (κ2) is 26.9. The molecule has 0 aliphatic heterocycles. The maximum Gasteiger partial charge on any atom is 0.245 e. The van der Waals surface area contributed by atoms with Gasteiger partial charge in [0.1, 0.15) is 5.75 Å². The highest BCUT2D eigenvalue weighted by atomic mass is 16.6. The normalized spacial score (nSPS) is 11.2. The summed E-state index contributed by atoms with van der Waals surface area (Å²) in [6.45, 7) is 11.9. The lowest BCUT2D eigenvalue weighted by molar-refractivity contribution is -0.125. The van der Waals surface area contributed by atoms with E-state index in [0.29, 0.717) is 85.8 Å². The first kappa shape index (κ1) is 37.0. The molecular weight excluding hydrogens is 526 g/mol. The largest absolute Gasteiger partial charge is 0.508 e. The lowest BCUT2D eigenvalue weighted by Crippen LogP contribution is -2.28. The van der Waals surface area contributed by atoms with E-state index in [1.807, 2.05) is 6.07 Å². The number of aryl methyl sites for hydroxylation is 1. The van der Waals surface area contributed by atoms with Crippen molar-refractivity contribution < 1.29 is 38.3 Å². The van der Waals surface area contributed by atoms with E-state index in [4.69, 9.17) is 28.4 Å². The van der Waals surface area contributed by atoms with Crippen LogP contribution in [0.15, 0.2) is 30.9 Å². The van der Waals surface area contributed by atoms with E-state index in [-0.39, 0.29) is 11.7 Å². The molecule has 1 rings (SSSR count). The van der Waals surface area contributed by atoms with Crippen LogP contribution in [0.2, 0.25) is 0 Å². The van der Waals surface area contributed by atoms with Gasteiger partial charge >= 0.3 is 0 Å². The Balaban J connectivity index is 1.88. The van der Waals surface area contributed by atoms with E-state index in [9.17, 15) is 9.90 Å². The van der Waals surface area contributed by atoms with Gasteiger partial charge in [0.15, 0.2) is 0 Å². The summed E-state index contributed by atoms with van der Waals surface area (Å²) in [6.07, 6.45) is 11.4. The number of amides is 1. The van der Waals surface area contributed by atoms with Gasteiger partial charge in [0.2, 0.25) is 5.91 Å². The average molecular weight is 582 g/mol. The van der Waals surface area contributed by atoms with Crippen LogP contribution in [0.1, 0.15) is 63.0 Å². The Hall–Kier alpha value is -2.01. The molecule has 9 nitrogen and oxygen atoms in total. The maximum absolute atomic E-state index is 11.3. The molecule has 0 aliphatic rings. The Labute approximate surface area is 248 Å². The van der Waals surface area contributed by atoms with Crippen molar-refractivity contribution in [1.29, 1.82) is 0 Å². The second-order valence-electron chi connectivity index (χ2n) is 9.91. The Morgan fingerprint density at radius 2 is 1.24 bits per heavy atom.